The number of aryl methyl sites for hydroxylation is 1. The molecule has 0 aromatic carbocycles. The van der Waals surface area contributed by atoms with Crippen molar-refractivity contribution in [1.82, 2.24) is 10.2 Å². The van der Waals surface area contributed by atoms with E-state index in [1.54, 1.807) is 24.3 Å². The molecule has 1 aromatic rings. The number of sulfonamides is 1. The molecular weight excluding hydrogens is 452 g/mol. The summed E-state index contributed by atoms with van der Waals surface area (Å²) in [7, 11) is -1.83. The number of carbonyl (C=O) groups is 2. The molecule has 0 bridgehead atoms. The zero-order chi connectivity index (χ0) is 22.7. The Kier molecular flexibility index (Phi) is 6.77. The summed E-state index contributed by atoms with van der Waals surface area (Å²) < 4.78 is 32.1. The van der Waals surface area contributed by atoms with Crippen LogP contribution in [0.15, 0.2) is 28.3 Å². The first kappa shape index (κ1) is 22.7. The Labute approximate surface area is 191 Å². The normalized spacial score (nSPS) is 18.8. The van der Waals surface area contributed by atoms with Crippen molar-refractivity contribution in [3.8, 4) is 0 Å². The van der Waals surface area contributed by atoms with E-state index in [0.29, 0.717) is 41.5 Å². The van der Waals surface area contributed by atoms with Crippen LogP contribution in [0.4, 0.5) is 5.00 Å². The van der Waals surface area contributed by atoms with Gasteiger partial charge in [0.25, 0.3) is 21.8 Å². The van der Waals surface area contributed by atoms with E-state index in [1.807, 2.05) is 0 Å². The first-order valence-electron chi connectivity index (χ1n) is 10.6. The summed E-state index contributed by atoms with van der Waals surface area (Å²) in [5.41, 5.74) is 1.97. The molecule has 0 saturated carbocycles. The molecular formula is C21H26N4O5S2. The number of carbonyl (C=O) groups excluding carboxylic acids is 2. The second-order valence-electron chi connectivity index (χ2n) is 7.82. The molecule has 2 aliphatic heterocycles. The van der Waals surface area contributed by atoms with Crippen molar-refractivity contribution in [3.05, 3.63) is 39.9 Å². The van der Waals surface area contributed by atoms with Crippen LogP contribution < -0.4 is 10.6 Å². The predicted molar refractivity (Wildman–Crippen MR) is 124 cm³/mol. The van der Waals surface area contributed by atoms with E-state index in [2.05, 4.69) is 15.0 Å². The summed E-state index contributed by atoms with van der Waals surface area (Å²) in [6.45, 7) is 1.30. The number of nitrogens with zero attached hydrogens (tertiary/aromatic N) is 2. The highest BCUT2D eigenvalue weighted by Gasteiger charge is 2.28. The van der Waals surface area contributed by atoms with E-state index in [0.717, 1.165) is 36.1 Å². The number of nitrogens with one attached hydrogen (secondary N) is 2. The molecule has 3 aliphatic rings. The number of fused-ring (bicyclic) bond motifs is 2. The summed E-state index contributed by atoms with van der Waals surface area (Å²) in [5.74, 6) is -0.322. The highest BCUT2D eigenvalue weighted by molar-refractivity contribution is 7.90. The van der Waals surface area contributed by atoms with Crippen molar-refractivity contribution in [3.63, 3.8) is 0 Å². The fourth-order valence-corrected chi connectivity index (χ4v) is 6.16. The van der Waals surface area contributed by atoms with Crippen molar-refractivity contribution < 1.29 is 22.7 Å². The van der Waals surface area contributed by atoms with Gasteiger partial charge in [-0.05, 0) is 49.8 Å². The van der Waals surface area contributed by atoms with Gasteiger partial charge in [0.05, 0.1) is 16.9 Å². The lowest BCUT2D eigenvalue weighted by molar-refractivity contribution is -0.112. The SMILES string of the molecule is COCCCNC(=O)c1c(NC(=O)C2=CN3CCS(=O)(=O)N=C3C=C2)sc2c1CCCC2. The zero-order valence-electron chi connectivity index (χ0n) is 17.8. The van der Waals surface area contributed by atoms with Crippen molar-refractivity contribution in [2.75, 3.05) is 37.9 Å². The van der Waals surface area contributed by atoms with Gasteiger partial charge in [-0.1, -0.05) is 0 Å². The molecule has 2 amide bonds. The number of hydrogen-bond donors (Lipinski definition) is 2. The summed E-state index contributed by atoms with van der Waals surface area (Å²) >= 11 is 1.46. The maximum absolute atomic E-state index is 13.0. The minimum Gasteiger partial charge on any atom is -0.385 e. The van der Waals surface area contributed by atoms with Gasteiger partial charge in [-0.3, -0.25) is 9.59 Å². The van der Waals surface area contributed by atoms with Gasteiger partial charge in [-0.25, -0.2) is 8.42 Å². The largest absolute Gasteiger partial charge is 0.385 e. The summed E-state index contributed by atoms with van der Waals surface area (Å²) in [4.78, 5) is 28.8. The van der Waals surface area contributed by atoms with E-state index in [9.17, 15) is 18.0 Å². The van der Waals surface area contributed by atoms with E-state index in [1.165, 1.54) is 17.4 Å². The van der Waals surface area contributed by atoms with Crippen LogP contribution in [0, 0.1) is 0 Å². The number of ether oxygens (including phenoxy) is 1. The van der Waals surface area contributed by atoms with E-state index in [-0.39, 0.29) is 24.1 Å². The maximum atomic E-state index is 13.0. The standard InChI is InChI=1S/C21H26N4O5S2/c1-30-11-4-9-22-20(27)18-15-5-2-3-6-16(15)31-21(18)23-19(26)14-7-8-17-24-32(28,29)12-10-25(17)13-14/h7-8,13H,2-6,9-12H2,1H3,(H,22,27)(H,23,26). The van der Waals surface area contributed by atoms with Gasteiger partial charge in [0.1, 0.15) is 10.8 Å². The zero-order valence-corrected chi connectivity index (χ0v) is 19.5. The molecule has 32 heavy (non-hydrogen) atoms. The Bertz CT molecular complexity index is 1120. The molecule has 172 valence electrons. The van der Waals surface area contributed by atoms with Gasteiger partial charge < -0.3 is 20.3 Å². The molecule has 0 unspecified atom stereocenters. The summed E-state index contributed by atoms with van der Waals surface area (Å²) in [5, 5.41) is 6.41. The number of methoxy groups -OCH3 is 1. The fourth-order valence-electron chi connectivity index (χ4n) is 3.91. The van der Waals surface area contributed by atoms with Crippen LogP contribution in [0.3, 0.4) is 0 Å². The van der Waals surface area contributed by atoms with Gasteiger partial charge in [0.2, 0.25) is 0 Å². The molecule has 1 aromatic heterocycles. The van der Waals surface area contributed by atoms with Gasteiger partial charge in [0.15, 0.2) is 0 Å². The van der Waals surface area contributed by atoms with Gasteiger partial charge in [-0.2, -0.15) is 0 Å². The smallest absolute Gasteiger partial charge is 0.257 e. The molecule has 0 atom stereocenters. The highest BCUT2D eigenvalue weighted by atomic mass is 32.2. The lowest BCUT2D eigenvalue weighted by Crippen LogP contribution is -2.37. The second kappa shape index (κ2) is 9.55. The Balaban J connectivity index is 1.53. The van der Waals surface area contributed by atoms with Crippen LogP contribution >= 0.6 is 11.3 Å². The van der Waals surface area contributed by atoms with Crippen LogP contribution in [-0.2, 0) is 32.4 Å². The Hall–Kier alpha value is -2.50. The van der Waals surface area contributed by atoms with E-state index in [4.69, 9.17) is 4.74 Å². The predicted octanol–water partition coefficient (Wildman–Crippen LogP) is 1.83. The lowest BCUT2D eigenvalue weighted by Gasteiger charge is -2.26. The van der Waals surface area contributed by atoms with Crippen LogP contribution in [-0.4, -0.2) is 63.5 Å². The fraction of sp³-hybridized carbons (Fsp3) is 0.476. The molecule has 0 radical (unpaired) electrons. The quantitative estimate of drug-likeness (QED) is 0.578. The molecule has 0 spiro atoms. The minimum atomic E-state index is -3.45. The molecule has 0 saturated heterocycles. The van der Waals surface area contributed by atoms with Gasteiger partial charge in [0, 0.05) is 37.9 Å². The highest BCUT2D eigenvalue weighted by Crippen LogP contribution is 2.38. The number of amidine groups is 1. The average molecular weight is 479 g/mol. The third-order valence-corrected chi connectivity index (χ3v) is 7.89. The molecule has 11 heteroatoms. The second-order valence-corrected chi connectivity index (χ2v) is 10.7. The monoisotopic (exact) mass is 478 g/mol. The Morgan fingerprint density at radius 1 is 1.22 bits per heavy atom. The van der Waals surface area contributed by atoms with Crippen molar-refractivity contribution in [2.24, 2.45) is 4.40 Å². The number of amides is 2. The molecule has 1 aliphatic carbocycles. The Morgan fingerprint density at radius 3 is 2.84 bits per heavy atom. The van der Waals surface area contributed by atoms with Gasteiger partial charge in [-0.15, -0.1) is 15.7 Å². The first-order valence-corrected chi connectivity index (χ1v) is 13.0. The molecule has 9 nitrogen and oxygen atoms in total. The third kappa shape index (κ3) is 4.94. The number of rotatable bonds is 7. The topological polar surface area (TPSA) is 117 Å². The minimum absolute atomic E-state index is 0.0965. The summed E-state index contributed by atoms with van der Waals surface area (Å²) in [6, 6.07) is 0. The van der Waals surface area contributed by atoms with E-state index >= 15 is 0 Å². The third-order valence-electron chi connectivity index (χ3n) is 5.52. The van der Waals surface area contributed by atoms with Crippen LogP contribution in [0.25, 0.3) is 0 Å². The number of thiophene rings is 1. The van der Waals surface area contributed by atoms with Crippen LogP contribution in [0.5, 0.6) is 0 Å². The lowest BCUT2D eigenvalue weighted by atomic mass is 9.95. The number of hydrogen-bond acceptors (Lipinski definition) is 7. The summed E-state index contributed by atoms with van der Waals surface area (Å²) in [6.07, 6.45) is 9.21. The van der Waals surface area contributed by atoms with Crippen molar-refractivity contribution in [2.45, 2.75) is 32.1 Å². The van der Waals surface area contributed by atoms with Crippen molar-refractivity contribution >= 4 is 44.0 Å². The maximum Gasteiger partial charge on any atom is 0.257 e. The molecule has 3 heterocycles. The number of anilines is 1. The Morgan fingerprint density at radius 2 is 2.03 bits per heavy atom. The average Bonchev–Trinajstić information content (AvgIpc) is 3.13. The van der Waals surface area contributed by atoms with Crippen LogP contribution in [0.2, 0.25) is 0 Å². The molecule has 0 fully saturated rings. The van der Waals surface area contributed by atoms with Crippen LogP contribution in [0.1, 0.15) is 40.1 Å². The molecule has 2 N–H and O–H groups in total. The van der Waals surface area contributed by atoms with E-state index < -0.39 is 10.0 Å². The van der Waals surface area contributed by atoms with Crippen molar-refractivity contribution in [1.29, 1.82) is 0 Å². The molecule has 4 rings (SSSR count). The van der Waals surface area contributed by atoms with Gasteiger partial charge >= 0.3 is 0 Å². The first-order chi connectivity index (χ1) is 15.4.